The first-order valence-corrected chi connectivity index (χ1v) is 6.49. The second-order valence-corrected chi connectivity index (χ2v) is 5.00. The van der Waals surface area contributed by atoms with Crippen molar-refractivity contribution in [2.75, 3.05) is 7.11 Å². The number of ether oxygens (including phenoxy) is 2. The van der Waals surface area contributed by atoms with Crippen LogP contribution in [-0.4, -0.2) is 19.2 Å². The summed E-state index contributed by atoms with van der Waals surface area (Å²) >= 11 is 6.19. The van der Waals surface area contributed by atoms with Gasteiger partial charge in [0.15, 0.2) is 0 Å². The first-order chi connectivity index (χ1) is 8.63. The summed E-state index contributed by atoms with van der Waals surface area (Å²) in [5.74, 6) is -0.502. The van der Waals surface area contributed by atoms with Gasteiger partial charge in [0.2, 0.25) is 0 Å². The summed E-state index contributed by atoms with van der Waals surface area (Å²) in [5, 5.41) is 0.630. The normalized spacial score (nSPS) is 27.8. The molecular weight excluding hydrogens is 252 g/mol. The number of rotatable bonds is 2. The van der Waals surface area contributed by atoms with Crippen molar-refractivity contribution >= 4 is 17.6 Å². The monoisotopic (exact) mass is 268 g/mol. The van der Waals surface area contributed by atoms with Crippen LogP contribution in [0.4, 0.5) is 0 Å². The molecule has 0 N–H and O–H groups in total. The predicted molar refractivity (Wildman–Crippen MR) is 69.5 cm³/mol. The number of hydrogen-bond acceptors (Lipinski definition) is 3. The van der Waals surface area contributed by atoms with Crippen LogP contribution >= 0.6 is 11.6 Å². The Hall–Kier alpha value is -1.06. The Balaban J connectivity index is 2.31. The van der Waals surface area contributed by atoms with Crippen LogP contribution in [0.1, 0.15) is 31.4 Å². The Morgan fingerprint density at radius 2 is 2.11 bits per heavy atom. The minimum Gasteiger partial charge on any atom is -0.469 e. The van der Waals surface area contributed by atoms with Gasteiger partial charge < -0.3 is 9.47 Å². The Morgan fingerprint density at radius 3 is 2.78 bits per heavy atom. The molecule has 2 rings (SSSR count). The van der Waals surface area contributed by atoms with E-state index in [1.54, 1.807) is 0 Å². The molecule has 1 fully saturated rings. The highest BCUT2D eigenvalue weighted by molar-refractivity contribution is 6.31. The Bertz CT molecular complexity index is 433. The van der Waals surface area contributed by atoms with E-state index in [2.05, 4.69) is 0 Å². The van der Waals surface area contributed by atoms with Crippen molar-refractivity contribution in [3.05, 3.63) is 34.9 Å². The third-order valence-corrected chi connectivity index (χ3v) is 3.69. The van der Waals surface area contributed by atoms with E-state index in [1.165, 1.54) is 7.11 Å². The molecule has 1 aromatic rings. The number of hydrogen-bond donors (Lipinski definition) is 0. The first kappa shape index (κ1) is 13.4. The number of methoxy groups -OCH3 is 1. The van der Waals surface area contributed by atoms with Crippen LogP contribution in [0.25, 0.3) is 0 Å². The van der Waals surface area contributed by atoms with Crippen LogP contribution in [0.15, 0.2) is 24.3 Å². The van der Waals surface area contributed by atoms with Crippen LogP contribution in [0, 0.1) is 5.92 Å². The van der Waals surface area contributed by atoms with Gasteiger partial charge in [-0.1, -0.05) is 29.8 Å². The Morgan fingerprint density at radius 1 is 1.39 bits per heavy atom. The third kappa shape index (κ3) is 2.68. The lowest BCUT2D eigenvalue weighted by Crippen LogP contribution is -2.33. The van der Waals surface area contributed by atoms with E-state index in [-0.39, 0.29) is 24.1 Å². The molecule has 1 aliphatic rings. The van der Waals surface area contributed by atoms with Crippen LogP contribution < -0.4 is 0 Å². The molecule has 4 heteroatoms. The molecule has 18 heavy (non-hydrogen) atoms. The summed E-state index contributed by atoms with van der Waals surface area (Å²) in [4.78, 5) is 11.8. The van der Waals surface area contributed by atoms with Gasteiger partial charge in [0, 0.05) is 10.6 Å². The lowest BCUT2D eigenvalue weighted by atomic mass is 9.87. The zero-order chi connectivity index (χ0) is 13.1. The molecule has 0 spiro atoms. The Labute approximate surface area is 112 Å². The van der Waals surface area contributed by atoms with Crippen molar-refractivity contribution < 1.29 is 14.3 Å². The molecule has 98 valence electrons. The summed E-state index contributed by atoms with van der Waals surface area (Å²) in [6, 6.07) is 7.48. The standard InChI is InChI=1S/C14H17ClO3/c1-9-7-8-11(14(16)17-2)13(18-9)10-5-3-4-6-12(10)15/h3-6,9,11,13H,7-8H2,1-2H3. The number of halogens is 1. The van der Waals surface area contributed by atoms with Crippen molar-refractivity contribution in [3.63, 3.8) is 0 Å². The Kier molecular flexibility index (Phi) is 4.25. The highest BCUT2D eigenvalue weighted by Gasteiger charge is 2.37. The molecule has 0 aliphatic carbocycles. The van der Waals surface area contributed by atoms with Gasteiger partial charge in [-0.15, -0.1) is 0 Å². The fourth-order valence-corrected chi connectivity index (χ4v) is 2.61. The minimum atomic E-state index is -0.310. The van der Waals surface area contributed by atoms with E-state index in [1.807, 2.05) is 31.2 Å². The first-order valence-electron chi connectivity index (χ1n) is 6.11. The summed E-state index contributed by atoms with van der Waals surface area (Å²) in [7, 11) is 1.41. The van der Waals surface area contributed by atoms with E-state index in [9.17, 15) is 4.79 Å². The minimum absolute atomic E-state index is 0.132. The van der Waals surface area contributed by atoms with Crippen LogP contribution in [0.5, 0.6) is 0 Å². The molecular formula is C14H17ClO3. The lowest BCUT2D eigenvalue weighted by molar-refractivity contribution is -0.160. The van der Waals surface area contributed by atoms with Crippen molar-refractivity contribution in [3.8, 4) is 0 Å². The van der Waals surface area contributed by atoms with Crippen LogP contribution in [0.2, 0.25) is 5.02 Å². The summed E-state index contributed by atoms with van der Waals surface area (Å²) in [6.07, 6.45) is 1.45. The van der Waals surface area contributed by atoms with E-state index in [4.69, 9.17) is 21.1 Å². The van der Waals surface area contributed by atoms with Crippen molar-refractivity contribution in [2.24, 2.45) is 5.92 Å². The van der Waals surface area contributed by atoms with Crippen molar-refractivity contribution in [1.29, 1.82) is 0 Å². The van der Waals surface area contributed by atoms with Gasteiger partial charge in [-0.05, 0) is 25.8 Å². The molecule has 3 unspecified atom stereocenters. The third-order valence-electron chi connectivity index (χ3n) is 3.34. The van der Waals surface area contributed by atoms with Crippen LogP contribution in [0.3, 0.4) is 0 Å². The highest BCUT2D eigenvalue weighted by Crippen LogP contribution is 2.39. The molecule has 0 amide bonds. The van der Waals surface area contributed by atoms with Gasteiger partial charge >= 0.3 is 5.97 Å². The molecule has 1 aliphatic heterocycles. The smallest absolute Gasteiger partial charge is 0.311 e. The van der Waals surface area contributed by atoms with Gasteiger partial charge in [-0.3, -0.25) is 4.79 Å². The highest BCUT2D eigenvalue weighted by atomic mass is 35.5. The van der Waals surface area contributed by atoms with Gasteiger partial charge in [0.25, 0.3) is 0 Å². The number of carbonyl (C=O) groups is 1. The zero-order valence-electron chi connectivity index (χ0n) is 10.6. The molecule has 0 bridgehead atoms. The maximum Gasteiger partial charge on any atom is 0.311 e. The summed E-state index contributed by atoms with van der Waals surface area (Å²) in [6.45, 7) is 2.01. The fourth-order valence-electron chi connectivity index (χ4n) is 2.37. The SMILES string of the molecule is COC(=O)C1CCC(C)OC1c1ccccc1Cl. The molecule has 0 saturated carbocycles. The average Bonchev–Trinajstić information content (AvgIpc) is 2.38. The molecule has 1 heterocycles. The lowest BCUT2D eigenvalue weighted by Gasteiger charge is -2.34. The van der Waals surface area contributed by atoms with Crippen molar-refractivity contribution in [1.82, 2.24) is 0 Å². The van der Waals surface area contributed by atoms with Gasteiger partial charge in [0.05, 0.1) is 25.2 Å². The quantitative estimate of drug-likeness (QED) is 0.772. The van der Waals surface area contributed by atoms with E-state index >= 15 is 0 Å². The van der Waals surface area contributed by atoms with E-state index < -0.39 is 0 Å². The molecule has 0 aromatic heterocycles. The molecule has 1 aromatic carbocycles. The second-order valence-electron chi connectivity index (χ2n) is 4.60. The molecule has 3 nitrogen and oxygen atoms in total. The van der Waals surface area contributed by atoms with Crippen molar-refractivity contribution in [2.45, 2.75) is 32.0 Å². The maximum absolute atomic E-state index is 11.8. The molecule has 3 atom stereocenters. The topological polar surface area (TPSA) is 35.5 Å². The van der Waals surface area contributed by atoms with E-state index in [0.29, 0.717) is 5.02 Å². The summed E-state index contributed by atoms with van der Waals surface area (Å²) in [5.41, 5.74) is 0.862. The molecule has 0 radical (unpaired) electrons. The number of benzene rings is 1. The summed E-state index contributed by atoms with van der Waals surface area (Å²) < 4.78 is 10.8. The maximum atomic E-state index is 11.8. The average molecular weight is 269 g/mol. The second kappa shape index (κ2) is 5.72. The van der Waals surface area contributed by atoms with Gasteiger partial charge in [-0.25, -0.2) is 0 Å². The van der Waals surface area contributed by atoms with Gasteiger partial charge in [-0.2, -0.15) is 0 Å². The largest absolute Gasteiger partial charge is 0.469 e. The fraction of sp³-hybridized carbons (Fsp3) is 0.500. The zero-order valence-corrected chi connectivity index (χ0v) is 11.3. The number of carbonyl (C=O) groups excluding carboxylic acids is 1. The number of esters is 1. The van der Waals surface area contributed by atoms with Crippen LogP contribution in [-0.2, 0) is 14.3 Å². The van der Waals surface area contributed by atoms with Gasteiger partial charge in [0.1, 0.15) is 0 Å². The predicted octanol–water partition coefficient (Wildman–Crippen LogP) is 3.37. The van der Waals surface area contributed by atoms with E-state index in [0.717, 1.165) is 18.4 Å². The molecule has 1 saturated heterocycles.